The van der Waals surface area contributed by atoms with Gasteiger partial charge in [-0.1, -0.05) is 34.1 Å². The van der Waals surface area contributed by atoms with Gasteiger partial charge in [0.05, 0.1) is 10.6 Å². The molecule has 7 heteroatoms. The molecule has 0 spiro atoms. The second-order valence-corrected chi connectivity index (χ2v) is 6.93. The average Bonchev–Trinajstić information content (AvgIpc) is 2.99. The van der Waals surface area contributed by atoms with Crippen molar-refractivity contribution in [1.82, 2.24) is 0 Å². The van der Waals surface area contributed by atoms with E-state index in [4.69, 9.17) is 0 Å². The predicted molar refractivity (Wildman–Crippen MR) is 98.8 cm³/mol. The Morgan fingerprint density at radius 2 is 1.84 bits per heavy atom. The van der Waals surface area contributed by atoms with Crippen LogP contribution in [0.25, 0.3) is 10.4 Å². The first-order valence-electron chi connectivity index (χ1n) is 7.13. The molecule has 2 N–H and O–H groups in total. The fourth-order valence-electron chi connectivity index (χ4n) is 2.30. The summed E-state index contributed by atoms with van der Waals surface area (Å²) in [6.07, 6.45) is 0. The SMILES string of the molecule is O=C(Nc1csc(-c2ccc(Br)cc2)c1C(=O)O)c1cccc(F)c1. The van der Waals surface area contributed by atoms with E-state index in [-0.39, 0.29) is 16.8 Å². The second kappa shape index (κ2) is 7.16. The number of thiophene rings is 1. The number of carbonyl (C=O) groups excluding carboxylic acids is 1. The van der Waals surface area contributed by atoms with Gasteiger partial charge in [-0.05, 0) is 35.9 Å². The lowest BCUT2D eigenvalue weighted by Gasteiger charge is -2.06. The molecular weight excluding hydrogens is 409 g/mol. The second-order valence-electron chi connectivity index (χ2n) is 5.13. The minimum absolute atomic E-state index is 0.0112. The summed E-state index contributed by atoms with van der Waals surface area (Å²) in [6.45, 7) is 0. The van der Waals surface area contributed by atoms with Crippen LogP contribution in [0.3, 0.4) is 0 Å². The van der Waals surface area contributed by atoms with Gasteiger partial charge in [0.1, 0.15) is 11.4 Å². The van der Waals surface area contributed by atoms with Crippen molar-refractivity contribution in [3.63, 3.8) is 0 Å². The normalized spacial score (nSPS) is 10.5. The highest BCUT2D eigenvalue weighted by Crippen LogP contribution is 2.36. The average molecular weight is 420 g/mol. The molecule has 4 nitrogen and oxygen atoms in total. The van der Waals surface area contributed by atoms with Gasteiger partial charge in [0.25, 0.3) is 5.91 Å². The Morgan fingerprint density at radius 1 is 1.12 bits per heavy atom. The first-order chi connectivity index (χ1) is 12.0. The van der Waals surface area contributed by atoms with Crippen LogP contribution in [0.1, 0.15) is 20.7 Å². The molecule has 0 fully saturated rings. The van der Waals surface area contributed by atoms with Gasteiger partial charge in [0.2, 0.25) is 0 Å². The minimum Gasteiger partial charge on any atom is -0.478 e. The molecule has 1 heterocycles. The molecule has 0 bridgehead atoms. The van der Waals surface area contributed by atoms with Crippen molar-refractivity contribution < 1.29 is 19.1 Å². The molecule has 0 aliphatic heterocycles. The number of hydrogen-bond donors (Lipinski definition) is 2. The number of rotatable bonds is 4. The molecule has 1 aromatic heterocycles. The lowest BCUT2D eigenvalue weighted by Crippen LogP contribution is -2.14. The lowest BCUT2D eigenvalue weighted by molar-refractivity contribution is 0.0699. The quantitative estimate of drug-likeness (QED) is 0.605. The number of carboxylic acids is 1. The minimum atomic E-state index is -1.14. The molecule has 3 aromatic rings. The molecule has 0 saturated heterocycles. The Labute approximate surface area is 155 Å². The smallest absolute Gasteiger partial charge is 0.339 e. The molecule has 0 aliphatic carbocycles. The maximum Gasteiger partial charge on any atom is 0.339 e. The van der Waals surface area contributed by atoms with E-state index in [2.05, 4.69) is 21.2 Å². The summed E-state index contributed by atoms with van der Waals surface area (Å²) in [5, 5.41) is 13.7. The third kappa shape index (κ3) is 3.78. The Morgan fingerprint density at radius 3 is 2.48 bits per heavy atom. The van der Waals surface area contributed by atoms with Gasteiger partial charge in [-0.25, -0.2) is 9.18 Å². The number of halogens is 2. The summed E-state index contributed by atoms with van der Waals surface area (Å²) in [5.41, 5.74) is 1.05. The third-order valence-electron chi connectivity index (χ3n) is 3.45. The van der Waals surface area contributed by atoms with Crippen LogP contribution in [0.4, 0.5) is 10.1 Å². The van der Waals surface area contributed by atoms with Crippen LogP contribution in [0, 0.1) is 5.82 Å². The maximum atomic E-state index is 13.3. The molecular formula is C18H11BrFNO3S. The summed E-state index contributed by atoms with van der Waals surface area (Å²) < 4.78 is 14.1. The van der Waals surface area contributed by atoms with E-state index in [1.807, 2.05) is 12.1 Å². The number of carbonyl (C=O) groups is 2. The Hall–Kier alpha value is -2.51. The van der Waals surface area contributed by atoms with Crippen molar-refractivity contribution in [1.29, 1.82) is 0 Å². The van der Waals surface area contributed by atoms with E-state index >= 15 is 0 Å². The number of aromatic carboxylic acids is 1. The van der Waals surface area contributed by atoms with Crippen molar-refractivity contribution in [2.75, 3.05) is 5.32 Å². The van der Waals surface area contributed by atoms with Crippen LogP contribution in [-0.2, 0) is 0 Å². The van der Waals surface area contributed by atoms with Crippen LogP contribution < -0.4 is 5.32 Å². The zero-order valence-corrected chi connectivity index (χ0v) is 15.0. The first kappa shape index (κ1) is 17.3. The van der Waals surface area contributed by atoms with Gasteiger partial charge >= 0.3 is 5.97 Å². The molecule has 0 aliphatic rings. The predicted octanol–water partition coefficient (Wildman–Crippen LogP) is 5.27. The van der Waals surface area contributed by atoms with Gasteiger partial charge in [-0.2, -0.15) is 0 Å². The summed E-state index contributed by atoms with van der Waals surface area (Å²) >= 11 is 4.55. The fraction of sp³-hybridized carbons (Fsp3) is 0. The Kier molecular flexibility index (Phi) is 4.96. The van der Waals surface area contributed by atoms with E-state index in [0.29, 0.717) is 4.88 Å². The summed E-state index contributed by atoms with van der Waals surface area (Å²) in [4.78, 5) is 24.5. The maximum absolute atomic E-state index is 13.3. The summed E-state index contributed by atoms with van der Waals surface area (Å²) in [6, 6.07) is 12.4. The van der Waals surface area contributed by atoms with Crippen LogP contribution in [0.2, 0.25) is 0 Å². The molecule has 0 atom stereocenters. The van der Waals surface area contributed by atoms with E-state index < -0.39 is 17.7 Å². The third-order valence-corrected chi connectivity index (χ3v) is 5.00. The van der Waals surface area contributed by atoms with Crippen molar-refractivity contribution in [3.8, 4) is 10.4 Å². The van der Waals surface area contributed by atoms with E-state index in [1.165, 1.54) is 29.5 Å². The standard InChI is InChI=1S/C18H11BrFNO3S/c19-12-6-4-10(5-7-12)16-15(18(23)24)14(9-25-16)21-17(22)11-2-1-3-13(20)8-11/h1-9H,(H,21,22)(H,23,24). The monoisotopic (exact) mass is 419 g/mol. The molecule has 1 amide bonds. The van der Waals surface area contributed by atoms with Gasteiger partial charge < -0.3 is 10.4 Å². The molecule has 0 saturated carbocycles. The summed E-state index contributed by atoms with van der Waals surface area (Å²) in [7, 11) is 0. The topological polar surface area (TPSA) is 66.4 Å². The van der Waals surface area contributed by atoms with Crippen LogP contribution >= 0.6 is 27.3 Å². The van der Waals surface area contributed by atoms with Crippen molar-refractivity contribution in [3.05, 3.63) is 75.3 Å². The molecule has 25 heavy (non-hydrogen) atoms. The zero-order valence-electron chi connectivity index (χ0n) is 12.6. The molecule has 0 radical (unpaired) electrons. The fourth-order valence-corrected chi connectivity index (χ4v) is 3.56. The highest BCUT2D eigenvalue weighted by Gasteiger charge is 2.21. The van der Waals surface area contributed by atoms with Gasteiger partial charge in [0.15, 0.2) is 0 Å². The number of hydrogen-bond acceptors (Lipinski definition) is 3. The molecule has 126 valence electrons. The molecule has 2 aromatic carbocycles. The van der Waals surface area contributed by atoms with E-state index in [1.54, 1.807) is 17.5 Å². The number of carboxylic acid groups (broad SMARTS) is 1. The van der Waals surface area contributed by atoms with Crippen molar-refractivity contribution >= 4 is 44.8 Å². The van der Waals surface area contributed by atoms with Crippen molar-refractivity contribution in [2.24, 2.45) is 0 Å². The van der Waals surface area contributed by atoms with Gasteiger partial charge in [-0.15, -0.1) is 11.3 Å². The molecule has 0 unspecified atom stereocenters. The lowest BCUT2D eigenvalue weighted by atomic mass is 10.1. The molecule has 3 rings (SSSR count). The zero-order chi connectivity index (χ0) is 18.0. The van der Waals surface area contributed by atoms with E-state index in [0.717, 1.165) is 16.1 Å². The van der Waals surface area contributed by atoms with Crippen LogP contribution in [-0.4, -0.2) is 17.0 Å². The number of amides is 1. The van der Waals surface area contributed by atoms with Gasteiger partial charge in [-0.3, -0.25) is 4.79 Å². The Balaban J connectivity index is 1.96. The number of anilines is 1. The van der Waals surface area contributed by atoms with Crippen LogP contribution in [0.15, 0.2) is 58.4 Å². The van der Waals surface area contributed by atoms with Crippen molar-refractivity contribution in [2.45, 2.75) is 0 Å². The highest BCUT2D eigenvalue weighted by molar-refractivity contribution is 9.10. The highest BCUT2D eigenvalue weighted by atomic mass is 79.9. The first-order valence-corrected chi connectivity index (χ1v) is 8.80. The van der Waals surface area contributed by atoms with Crippen LogP contribution in [0.5, 0.6) is 0 Å². The summed E-state index contributed by atoms with van der Waals surface area (Å²) in [5.74, 6) is -2.25. The van der Waals surface area contributed by atoms with Gasteiger partial charge in [0, 0.05) is 15.4 Å². The Bertz CT molecular complexity index is 953. The largest absolute Gasteiger partial charge is 0.478 e. The number of benzene rings is 2. The van der Waals surface area contributed by atoms with E-state index in [9.17, 15) is 19.1 Å². The number of nitrogens with one attached hydrogen (secondary N) is 1.